The van der Waals surface area contributed by atoms with Crippen molar-refractivity contribution in [3.05, 3.63) is 65.9 Å². The van der Waals surface area contributed by atoms with Crippen molar-refractivity contribution in [3.63, 3.8) is 0 Å². The number of rotatable bonds is 7. The molecule has 35 heavy (non-hydrogen) atoms. The second-order valence-electron chi connectivity index (χ2n) is 8.44. The molecule has 9 heteroatoms. The van der Waals surface area contributed by atoms with E-state index in [1.807, 2.05) is 68.6 Å². The first-order valence-corrected chi connectivity index (χ1v) is 12.1. The Bertz CT molecular complexity index is 1420. The number of nitrogens with one attached hydrogen (secondary N) is 1. The molecule has 0 bridgehead atoms. The molecule has 0 fully saturated rings. The van der Waals surface area contributed by atoms with Crippen molar-refractivity contribution in [1.82, 2.24) is 9.58 Å². The van der Waals surface area contributed by atoms with Crippen LogP contribution in [0.1, 0.15) is 19.4 Å². The number of carbonyl (C=O) groups is 1. The number of para-hydroxylation sites is 1. The molecule has 1 aromatic heterocycles. The van der Waals surface area contributed by atoms with Crippen molar-refractivity contribution in [3.8, 4) is 11.5 Å². The predicted molar refractivity (Wildman–Crippen MR) is 140 cm³/mol. The highest BCUT2D eigenvalue weighted by atomic mass is 32.2. The zero-order chi connectivity index (χ0) is 24.5. The summed E-state index contributed by atoms with van der Waals surface area (Å²) in [5.74, 6) is 1.30. The lowest BCUT2D eigenvalue weighted by Gasteiger charge is -2.20. The minimum absolute atomic E-state index is 0.0429. The molecule has 0 atom stereocenters. The normalized spacial score (nSPS) is 16.7. The van der Waals surface area contributed by atoms with Crippen LogP contribution in [0, 0.1) is 11.3 Å². The van der Waals surface area contributed by atoms with E-state index in [9.17, 15) is 4.79 Å². The van der Waals surface area contributed by atoms with Crippen LogP contribution in [-0.2, 0) is 11.3 Å². The molecule has 0 saturated carbocycles. The van der Waals surface area contributed by atoms with Crippen molar-refractivity contribution in [2.45, 2.75) is 20.4 Å². The van der Waals surface area contributed by atoms with Crippen molar-refractivity contribution in [2.24, 2.45) is 16.0 Å². The third-order valence-electron chi connectivity index (χ3n) is 5.73. The van der Waals surface area contributed by atoms with Gasteiger partial charge in [0, 0.05) is 34.6 Å². The molecule has 0 unspecified atom stereocenters. The fourth-order valence-electron chi connectivity index (χ4n) is 3.92. The van der Waals surface area contributed by atoms with Crippen LogP contribution in [0.15, 0.2) is 70.4 Å². The fourth-order valence-corrected chi connectivity index (χ4v) is 4.82. The number of nitrogens with zero attached hydrogens (tertiary/aromatic N) is 4. The van der Waals surface area contributed by atoms with Gasteiger partial charge in [0.05, 0.1) is 19.2 Å². The third kappa shape index (κ3) is 4.46. The van der Waals surface area contributed by atoms with E-state index in [4.69, 9.17) is 14.9 Å². The minimum Gasteiger partial charge on any atom is -0.497 e. The molecule has 8 nitrogen and oxygen atoms in total. The Morgan fingerprint density at radius 3 is 2.74 bits per heavy atom. The molecular formula is C26H25N5O3S. The number of thioether (sulfide) groups is 1. The van der Waals surface area contributed by atoms with Gasteiger partial charge < -0.3 is 14.0 Å². The number of aromatic nitrogens is 1. The topological polar surface area (TPSA) is 92.3 Å². The Morgan fingerprint density at radius 1 is 1.14 bits per heavy atom. The molecule has 2 aliphatic heterocycles. The van der Waals surface area contributed by atoms with Crippen LogP contribution >= 0.6 is 11.8 Å². The van der Waals surface area contributed by atoms with Crippen molar-refractivity contribution in [2.75, 3.05) is 13.7 Å². The first-order chi connectivity index (χ1) is 16.9. The number of carbonyl (C=O) groups excluding carboxylic acids is 1. The molecule has 5 rings (SSSR count). The highest BCUT2D eigenvalue weighted by Gasteiger charge is 2.36. The standard InChI is InChI=1S/C26H25N5O3S/c1-16(2)25-29-31-23(27)21(24(32)28-26(31)35-25)13-17-15-30(22-10-5-4-9-20(17)22)11-12-34-19-8-6-7-18(14-19)33-3/h4-10,13-16,27H,11-12H2,1-3H3/b21-13-,27-23?. The summed E-state index contributed by atoms with van der Waals surface area (Å²) < 4.78 is 13.3. The SMILES string of the molecule is COc1cccc(OCCn2cc(/C=C3/C(=N)N4N=C(C(C)C)SC4=NC3=O)c3ccccc32)c1. The summed E-state index contributed by atoms with van der Waals surface area (Å²) in [6.07, 6.45) is 3.72. The summed E-state index contributed by atoms with van der Waals surface area (Å²) in [4.78, 5) is 17.0. The van der Waals surface area contributed by atoms with E-state index < -0.39 is 5.91 Å². The summed E-state index contributed by atoms with van der Waals surface area (Å²) in [6.45, 7) is 5.13. The number of hydrazone groups is 1. The highest BCUT2D eigenvalue weighted by Crippen LogP contribution is 2.32. The Labute approximate surface area is 207 Å². The van der Waals surface area contributed by atoms with Gasteiger partial charge in [0.25, 0.3) is 5.91 Å². The summed E-state index contributed by atoms with van der Waals surface area (Å²) in [6, 6.07) is 15.5. The molecule has 3 aromatic rings. The number of amides is 1. The van der Waals surface area contributed by atoms with Crippen LogP contribution in [0.25, 0.3) is 17.0 Å². The van der Waals surface area contributed by atoms with Crippen molar-refractivity contribution in [1.29, 1.82) is 5.41 Å². The second-order valence-corrected chi connectivity index (χ2v) is 9.42. The smallest absolute Gasteiger partial charge is 0.283 e. The number of hydrogen-bond acceptors (Lipinski definition) is 6. The van der Waals surface area contributed by atoms with Crippen LogP contribution in [0.3, 0.4) is 0 Å². The molecule has 3 heterocycles. The minimum atomic E-state index is -0.424. The van der Waals surface area contributed by atoms with Gasteiger partial charge in [-0.1, -0.05) is 38.1 Å². The zero-order valence-electron chi connectivity index (χ0n) is 19.7. The van der Waals surface area contributed by atoms with Crippen LogP contribution in [0.5, 0.6) is 11.5 Å². The van der Waals surface area contributed by atoms with E-state index in [1.165, 1.54) is 16.8 Å². The number of methoxy groups -OCH3 is 1. The molecule has 2 aliphatic rings. The molecule has 2 aromatic carbocycles. The van der Waals surface area contributed by atoms with Crippen molar-refractivity contribution >= 4 is 50.7 Å². The third-order valence-corrected chi connectivity index (χ3v) is 6.93. The van der Waals surface area contributed by atoms with Gasteiger partial charge in [0.2, 0.25) is 5.17 Å². The van der Waals surface area contributed by atoms with Crippen LogP contribution < -0.4 is 9.47 Å². The molecule has 0 radical (unpaired) electrons. The molecular weight excluding hydrogens is 462 g/mol. The maximum absolute atomic E-state index is 12.8. The lowest BCUT2D eigenvalue weighted by Crippen LogP contribution is -2.35. The number of fused-ring (bicyclic) bond motifs is 2. The first-order valence-electron chi connectivity index (χ1n) is 11.3. The number of aliphatic imine (C=N–C) groups is 1. The number of ether oxygens (including phenoxy) is 2. The van der Waals surface area contributed by atoms with E-state index in [-0.39, 0.29) is 17.3 Å². The van der Waals surface area contributed by atoms with Crippen LogP contribution in [-0.4, -0.2) is 45.2 Å². The molecule has 0 spiro atoms. The van der Waals surface area contributed by atoms with Gasteiger partial charge in [-0.2, -0.15) is 15.1 Å². The molecule has 0 aliphatic carbocycles. The first kappa shape index (κ1) is 22.9. The van der Waals surface area contributed by atoms with Gasteiger partial charge >= 0.3 is 0 Å². The Kier molecular flexibility index (Phi) is 6.17. The lowest BCUT2D eigenvalue weighted by molar-refractivity contribution is -0.114. The number of benzene rings is 2. The average molecular weight is 488 g/mol. The van der Waals surface area contributed by atoms with Gasteiger partial charge in [-0.3, -0.25) is 10.2 Å². The molecule has 178 valence electrons. The maximum atomic E-state index is 12.8. The van der Waals surface area contributed by atoms with Gasteiger partial charge in [-0.15, -0.1) is 0 Å². The van der Waals surface area contributed by atoms with Gasteiger partial charge in [0.1, 0.15) is 23.1 Å². The summed E-state index contributed by atoms with van der Waals surface area (Å²) in [5, 5.41) is 16.9. The maximum Gasteiger partial charge on any atom is 0.283 e. The van der Waals surface area contributed by atoms with Gasteiger partial charge in [0.15, 0.2) is 5.84 Å². The molecule has 0 saturated heterocycles. The van der Waals surface area contributed by atoms with Crippen LogP contribution in [0.4, 0.5) is 0 Å². The highest BCUT2D eigenvalue weighted by molar-refractivity contribution is 8.27. The van der Waals surface area contributed by atoms with Crippen LogP contribution in [0.2, 0.25) is 0 Å². The van der Waals surface area contributed by atoms with E-state index in [1.54, 1.807) is 13.2 Å². The number of hydrogen-bond donors (Lipinski definition) is 1. The fraction of sp³-hybridized carbons (Fsp3) is 0.231. The average Bonchev–Trinajstić information content (AvgIpc) is 3.44. The van der Waals surface area contributed by atoms with Crippen molar-refractivity contribution < 1.29 is 14.3 Å². The summed E-state index contributed by atoms with van der Waals surface area (Å²) in [7, 11) is 1.63. The Morgan fingerprint density at radius 2 is 1.94 bits per heavy atom. The summed E-state index contributed by atoms with van der Waals surface area (Å²) in [5.41, 5.74) is 2.08. The Hall–Kier alpha value is -3.85. The lowest BCUT2D eigenvalue weighted by atomic mass is 10.1. The predicted octanol–water partition coefficient (Wildman–Crippen LogP) is 5.00. The largest absolute Gasteiger partial charge is 0.497 e. The quantitative estimate of drug-likeness (QED) is 0.473. The van der Waals surface area contributed by atoms with E-state index >= 15 is 0 Å². The van der Waals surface area contributed by atoms with Gasteiger partial charge in [-0.05, 0) is 36.0 Å². The van der Waals surface area contributed by atoms with Gasteiger partial charge in [-0.25, -0.2) is 0 Å². The number of amidine groups is 2. The monoisotopic (exact) mass is 487 g/mol. The molecule has 1 amide bonds. The van der Waals surface area contributed by atoms with E-state index in [0.29, 0.717) is 18.3 Å². The Balaban J connectivity index is 1.41. The summed E-state index contributed by atoms with van der Waals surface area (Å²) >= 11 is 1.35. The molecule has 1 N–H and O–H groups in total. The second kappa shape index (κ2) is 9.42. The van der Waals surface area contributed by atoms with E-state index in [0.717, 1.165) is 33.0 Å². The zero-order valence-corrected chi connectivity index (χ0v) is 20.5. The van der Waals surface area contributed by atoms with E-state index in [2.05, 4.69) is 14.7 Å².